The molecule has 6 heteroatoms. The van der Waals surface area contributed by atoms with Gasteiger partial charge in [0.25, 0.3) is 0 Å². The molecule has 114 valence electrons. The van der Waals surface area contributed by atoms with Gasteiger partial charge in [0.1, 0.15) is 0 Å². The molecule has 1 fully saturated rings. The van der Waals surface area contributed by atoms with Gasteiger partial charge < -0.3 is 15.0 Å². The van der Waals surface area contributed by atoms with Crippen LogP contribution in [0.4, 0.5) is 0 Å². The van der Waals surface area contributed by atoms with Gasteiger partial charge in [-0.3, -0.25) is 9.59 Å². The molecule has 5 nitrogen and oxygen atoms in total. The number of rotatable bonds is 3. The Morgan fingerprint density at radius 1 is 1.43 bits per heavy atom. The summed E-state index contributed by atoms with van der Waals surface area (Å²) < 4.78 is 5.35. The first kappa shape index (κ1) is 15.8. The first-order valence-corrected chi connectivity index (χ1v) is 7.38. The average molecular weight is 311 g/mol. The number of nitrogens with one attached hydrogen (secondary N) is 1. The van der Waals surface area contributed by atoms with Crippen LogP contribution in [0.15, 0.2) is 24.3 Å². The molecule has 0 saturated carbocycles. The van der Waals surface area contributed by atoms with Crippen LogP contribution in [-0.4, -0.2) is 49.1 Å². The van der Waals surface area contributed by atoms with E-state index in [-0.39, 0.29) is 6.10 Å². The Hall–Kier alpha value is -1.59. The van der Waals surface area contributed by atoms with Crippen LogP contribution in [0.25, 0.3) is 0 Å². The van der Waals surface area contributed by atoms with E-state index in [9.17, 15) is 9.59 Å². The van der Waals surface area contributed by atoms with Gasteiger partial charge in [0.15, 0.2) is 0 Å². The Balaban J connectivity index is 1.79. The van der Waals surface area contributed by atoms with E-state index in [1.165, 1.54) is 4.90 Å². The number of ether oxygens (including phenoxy) is 1. The van der Waals surface area contributed by atoms with Gasteiger partial charge in [-0.25, -0.2) is 0 Å². The fourth-order valence-corrected chi connectivity index (χ4v) is 2.46. The molecular formula is C15H19ClN2O3. The van der Waals surface area contributed by atoms with Crippen LogP contribution in [0.5, 0.6) is 0 Å². The molecular weight excluding hydrogens is 292 g/mol. The van der Waals surface area contributed by atoms with Crippen LogP contribution >= 0.6 is 11.6 Å². The van der Waals surface area contributed by atoms with Crippen molar-refractivity contribution in [3.05, 3.63) is 34.9 Å². The maximum atomic E-state index is 12.0. The number of benzene rings is 1. The van der Waals surface area contributed by atoms with Gasteiger partial charge in [-0.05, 0) is 25.0 Å². The number of amides is 2. The van der Waals surface area contributed by atoms with Crippen LogP contribution in [0.2, 0.25) is 5.02 Å². The van der Waals surface area contributed by atoms with Crippen LogP contribution < -0.4 is 5.32 Å². The minimum atomic E-state index is -0.573. The molecule has 0 aliphatic carbocycles. The Labute approximate surface area is 129 Å². The highest BCUT2D eigenvalue weighted by molar-refractivity contribution is 6.35. The van der Waals surface area contributed by atoms with Crippen molar-refractivity contribution in [2.24, 2.45) is 0 Å². The SMILES string of the molecule is C[C@H]1CN(C(=O)C(=O)NCCc2ccccc2Cl)CCO1. The number of hydrogen-bond acceptors (Lipinski definition) is 3. The highest BCUT2D eigenvalue weighted by Crippen LogP contribution is 2.14. The summed E-state index contributed by atoms with van der Waals surface area (Å²) in [5, 5.41) is 3.31. The summed E-state index contributed by atoms with van der Waals surface area (Å²) in [6, 6.07) is 7.45. The van der Waals surface area contributed by atoms with Crippen molar-refractivity contribution in [2.75, 3.05) is 26.2 Å². The van der Waals surface area contributed by atoms with Crippen LogP contribution in [0, 0.1) is 0 Å². The lowest BCUT2D eigenvalue weighted by molar-refractivity contribution is -0.150. The predicted molar refractivity (Wildman–Crippen MR) is 80.2 cm³/mol. The largest absolute Gasteiger partial charge is 0.375 e. The zero-order valence-corrected chi connectivity index (χ0v) is 12.7. The van der Waals surface area contributed by atoms with Crippen molar-refractivity contribution in [3.8, 4) is 0 Å². The molecule has 1 saturated heterocycles. The molecule has 0 spiro atoms. The van der Waals surface area contributed by atoms with E-state index in [0.717, 1.165) is 5.56 Å². The molecule has 1 N–H and O–H groups in total. The summed E-state index contributed by atoms with van der Waals surface area (Å²) in [7, 11) is 0. The minimum absolute atomic E-state index is 0.0291. The van der Waals surface area contributed by atoms with Crippen molar-refractivity contribution in [1.82, 2.24) is 10.2 Å². The van der Waals surface area contributed by atoms with Gasteiger partial charge in [0, 0.05) is 24.7 Å². The van der Waals surface area contributed by atoms with Gasteiger partial charge in [0.2, 0.25) is 0 Å². The molecule has 0 unspecified atom stereocenters. The van der Waals surface area contributed by atoms with E-state index in [4.69, 9.17) is 16.3 Å². The highest BCUT2D eigenvalue weighted by atomic mass is 35.5. The van der Waals surface area contributed by atoms with Crippen LogP contribution in [0.1, 0.15) is 12.5 Å². The van der Waals surface area contributed by atoms with E-state index in [1.807, 2.05) is 25.1 Å². The summed E-state index contributed by atoms with van der Waals surface area (Å²) in [4.78, 5) is 25.4. The highest BCUT2D eigenvalue weighted by Gasteiger charge is 2.26. The molecule has 0 aromatic heterocycles. The summed E-state index contributed by atoms with van der Waals surface area (Å²) >= 11 is 6.04. The van der Waals surface area contributed by atoms with Crippen LogP contribution in [0.3, 0.4) is 0 Å². The maximum Gasteiger partial charge on any atom is 0.312 e. The number of hydrogen-bond donors (Lipinski definition) is 1. The molecule has 21 heavy (non-hydrogen) atoms. The third kappa shape index (κ3) is 4.44. The summed E-state index contributed by atoms with van der Waals surface area (Å²) in [6.07, 6.45) is 0.566. The lowest BCUT2D eigenvalue weighted by Gasteiger charge is -2.30. The van der Waals surface area contributed by atoms with Gasteiger partial charge in [0.05, 0.1) is 12.7 Å². The Morgan fingerprint density at radius 2 is 2.19 bits per heavy atom. The quantitative estimate of drug-likeness (QED) is 0.855. The molecule has 1 aliphatic heterocycles. The van der Waals surface area contributed by atoms with Gasteiger partial charge >= 0.3 is 11.8 Å². The monoisotopic (exact) mass is 310 g/mol. The predicted octanol–water partition coefficient (Wildman–Crippen LogP) is 1.25. The Kier molecular flexibility index (Phi) is 5.59. The number of morpholine rings is 1. The van der Waals surface area contributed by atoms with Crippen LogP contribution in [-0.2, 0) is 20.7 Å². The van der Waals surface area contributed by atoms with E-state index in [2.05, 4.69) is 5.32 Å². The summed E-state index contributed by atoms with van der Waals surface area (Å²) in [5.41, 5.74) is 0.951. The molecule has 0 bridgehead atoms. The van der Waals surface area contributed by atoms with E-state index >= 15 is 0 Å². The molecule has 2 rings (SSSR count). The van der Waals surface area contributed by atoms with E-state index in [1.54, 1.807) is 6.07 Å². The van der Waals surface area contributed by atoms with Gasteiger partial charge in [-0.1, -0.05) is 29.8 Å². The Bertz CT molecular complexity index is 521. The summed E-state index contributed by atoms with van der Waals surface area (Å²) in [6.45, 7) is 3.65. The second kappa shape index (κ2) is 7.43. The zero-order chi connectivity index (χ0) is 15.2. The van der Waals surface area contributed by atoms with Crippen molar-refractivity contribution in [2.45, 2.75) is 19.4 Å². The second-order valence-electron chi connectivity index (χ2n) is 5.03. The molecule has 1 aliphatic rings. The molecule has 2 amide bonds. The van der Waals surface area contributed by atoms with Crippen molar-refractivity contribution < 1.29 is 14.3 Å². The number of carbonyl (C=O) groups excluding carboxylic acids is 2. The van der Waals surface area contributed by atoms with Crippen molar-refractivity contribution >= 4 is 23.4 Å². The van der Waals surface area contributed by atoms with Crippen molar-refractivity contribution in [3.63, 3.8) is 0 Å². The van der Waals surface area contributed by atoms with Gasteiger partial charge in [-0.15, -0.1) is 0 Å². The molecule has 0 radical (unpaired) electrons. The maximum absolute atomic E-state index is 12.0. The molecule has 1 aromatic rings. The van der Waals surface area contributed by atoms with Gasteiger partial charge in [-0.2, -0.15) is 0 Å². The van der Waals surface area contributed by atoms with E-state index in [0.29, 0.717) is 37.7 Å². The zero-order valence-electron chi connectivity index (χ0n) is 12.0. The Morgan fingerprint density at radius 3 is 2.90 bits per heavy atom. The van der Waals surface area contributed by atoms with Crippen molar-refractivity contribution in [1.29, 1.82) is 0 Å². The minimum Gasteiger partial charge on any atom is -0.375 e. The lowest BCUT2D eigenvalue weighted by Crippen LogP contribution is -2.50. The number of nitrogens with zero attached hydrogens (tertiary/aromatic N) is 1. The fraction of sp³-hybridized carbons (Fsp3) is 0.467. The smallest absolute Gasteiger partial charge is 0.312 e. The average Bonchev–Trinajstić information content (AvgIpc) is 2.48. The third-order valence-corrected chi connectivity index (χ3v) is 3.73. The third-order valence-electron chi connectivity index (χ3n) is 3.36. The number of halogens is 1. The normalized spacial score (nSPS) is 18.4. The second-order valence-corrected chi connectivity index (χ2v) is 5.44. The molecule has 1 atom stereocenters. The number of carbonyl (C=O) groups is 2. The lowest BCUT2D eigenvalue weighted by atomic mass is 10.1. The molecule has 1 aromatic carbocycles. The first-order valence-electron chi connectivity index (χ1n) is 7.00. The summed E-state index contributed by atoms with van der Waals surface area (Å²) in [5.74, 6) is -1.07. The van der Waals surface area contributed by atoms with E-state index < -0.39 is 11.8 Å². The standard InChI is InChI=1S/C15H19ClN2O3/c1-11-10-18(8-9-21-11)15(20)14(19)17-7-6-12-4-2-3-5-13(12)16/h2-5,11H,6-10H2,1H3,(H,17,19)/t11-/m0/s1. The topological polar surface area (TPSA) is 58.6 Å². The first-order chi connectivity index (χ1) is 10.1. The molecule has 1 heterocycles. The fourth-order valence-electron chi connectivity index (χ4n) is 2.23.